The van der Waals surface area contributed by atoms with Crippen molar-refractivity contribution < 1.29 is 34.2 Å². The number of hydrogen-bond acceptors (Lipinski definition) is 9. The summed E-state index contributed by atoms with van der Waals surface area (Å²) in [5.74, 6) is -4.18. The van der Waals surface area contributed by atoms with Gasteiger partial charge in [-0.1, -0.05) is 0 Å². The van der Waals surface area contributed by atoms with Crippen LogP contribution in [0.5, 0.6) is 0 Å². The van der Waals surface area contributed by atoms with Crippen LogP contribution < -0.4 is 33.2 Å². The van der Waals surface area contributed by atoms with Gasteiger partial charge in [-0.15, -0.1) is 0 Å². The van der Waals surface area contributed by atoms with E-state index in [0.29, 0.717) is 25.1 Å². The first-order valence-electron chi connectivity index (χ1n) is 10.5. The molecule has 5 unspecified atom stereocenters. The molecule has 0 bridgehead atoms. The highest BCUT2D eigenvalue weighted by molar-refractivity contribution is 7.98. The number of nitrogens with one attached hydrogen (secondary N) is 3. The van der Waals surface area contributed by atoms with E-state index in [0.717, 1.165) is 0 Å². The van der Waals surface area contributed by atoms with E-state index in [1.165, 1.54) is 18.7 Å². The summed E-state index contributed by atoms with van der Waals surface area (Å²) in [7, 11) is 0. The van der Waals surface area contributed by atoms with E-state index in [1.54, 1.807) is 6.26 Å². The Morgan fingerprint density at radius 3 is 1.94 bits per heavy atom. The van der Waals surface area contributed by atoms with E-state index < -0.39 is 66.3 Å². The molecular weight excluding hydrogens is 456 g/mol. The predicted molar refractivity (Wildman–Crippen MR) is 123 cm³/mol. The number of thioether (sulfide) groups is 1. The largest absolute Gasteiger partial charge is 0.480 e. The molecule has 0 fully saturated rings. The lowest BCUT2D eigenvalue weighted by atomic mass is 10.1. The van der Waals surface area contributed by atoms with Crippen LogP contribution in [0, 0.1) is 0 Å². The Hall–Kier alpha value is -2.42. The van der Waals surface area contributed by atoms with Crippen LogP contribution in [-0.4, -0.2) is 88.6 Å². The number of nitrogens with two attached hydrogens (primary N) is 3. The smallest absolute Gasteiger partial charge is 0.326 e. The maximum atomic E-state index is 12.8. The third-order valence-electron chi connectivity index (χ3n) is 4.67. The topological polar surface area (TPSA) is 240 Å². The number of aliphatic hydroxyl groups excluding tert-OH is 1. The lowest BCUT2D eigenvalue weighted by molar-refractivity contribution is -0.142. The average molecular weight is 493 g/mol. The van der Waals surface area contributed by atoms with Gasteiger partial charge >= 0.3 is 5.97 Å². The van der Waals surface area contributed by atoms with Gasteiger partial charge in [0.15, 0.2) is 0 Å². The summed E-state index contributed by atoms with van der Waals surface area (Å²) in [5.41, 5.74) is 16.3. The Kier molecular flexibility index (Phi) is 15.0. The molecule has 0 saturated heterocycles. The molecule has 11 N–H and O–H groups in total. The van der Waals surface area contributed by atoms with Crippen LogP contribution in [0.2, 0.25) is 0 Å². The molecule has 0 aromatic heterocycles. The highest BCUT2D eigenvalue weighted by Gasteiger charge is 2.31. The van der Waals surface area contributed by atoms with Gasteiger partial charge in [-0.25, -0.2) is 4.79 Å². The van der Waals surface area contributed by atoms with Gasteiger partial charge in [-0.2, -0.15) is 11.8 Å². The first kappa shape index (κ1) is 30.6. The molecule has 0 saturated carbocycles. The van der Waals surface area contributed by atoms with Crippen LogP contribution in [0.3, 0.4) is 0 Å². The molecule has 0 spiro atoms. The molecule has 0 heterocycles. The van der Waals surface area contributed by atoms with Crippen LogP contribution in [0.15, 0.2) is 0 Å². The minimum absolute atomic E-state index is 0.133. The van der Waals surface area contributed by atoms with Crippen molar-refractivity contribution in [3.63, 3.8) is 0 Å². The van der Waals surface area contributed by atoms with Crippen molar-refractivity contribution in [2.24, 2.45) is 17.2 Å². The molecule has 0 aliphatic heterocycles. The van der Waals surface area contributed by atoms with Crippen LogP contribution >= 0.6 is 11.8 Å². The highest BCUT2D eigenvalue weighted by Crippen LogP contribution is 2.06. The van der Waals surface area contributed by atoms with Crippen molar-refractivity contribution in [1.29, 1.82) is 0 Å². The van der Waals surface area contributed by atoms with E-state index in [2.05, 4.69) is 16.0 Å². The van der Waals surface area contributed by atoms with Crippen LogP contribution in [0.1, 0.15) is 39.0 Å². The summed E-state index contributed by atoms with van der Waals surface area (Å²) in [5, 5.41) is 25.9. The van der Waals surface area contributed by atoms with Gasteiger partial charge in [0.05, 0.1) is 12.5 Å². The Bertz CT molecular complexity index is 679. The quantitative estimate of drug-likeness (QED) is 0.0956. The van der Waals surface area contributed by atoms with E-state index in [9.17, 15) is 34.2 Å². The van der Waals surface area contributed by atoms with E-state index >= 15 is 0 Å². The number of amides is 4. The van der Waals surface area contributed by atoms with Crippen LogP contribution in [0.4, 0.5) is 0 Å². The number of carbonyl (C=O) groups excluding carboxylic acids is 4. The number of rotatable bonds is 17. The zero-order chi connectivity index (χ0) is 25.6. The molecular formula is C19H36N6O7S. The Labute approximate surface area is 196 Å². The van der Waals surface area contributed by atoms with Crippen molar-refractivity contribution in [1.82, 2.24) is 16.0 Å². The molecule has 4 amide bonds. The maximum absolute atomic E-state index is 12.8. The summed E-state index contributed by atoms with van der Waals surface area (Å²) in [6.45, 7) is 1.67. The van der Waals surface area contributed by atoms with Crippen molar-refractivity contribution in [2.75, 3.05) is 18.6 Å². The van der Waals surface area contributed by atoms with Gasteiger partial charge in [0.25, 0.3) is 0 Å². The Balaban J connectivity index is 5.48. The number of unbranched alkanes of at least 4 members (excludes halogenated alkanes) is 1. The van der Waals surface area contributed by atoms with Crippen molar-refractivity contribution in [3.8, 4) is 0 Å². The normalized spacial score (nSPS) is 15.4. The zero-order valence-electron chi connectivity index (χ0n) is 18.9. The summed E-state index contributed by atoms with van der Waals surface area (Å²) >= 11 is 1.39. The second kappa shape index (κ2) is 16.2. The number of primary amides is 1. The fourth-order valence-corrected chi connectivity index (χ4v) is 3.17. The first-order chi connectivity index (χ1) is 15.4. The minimum atomic E-state index is -1.45. The molecule has 13 nitrogen and oxygen atoms in total. The highest BCUT2D eigenvalue weighted by atomic mass is 32.2. The molecule has 0 aliphatic carbocycles. The third kappa shape index (κ3) is 12.4. The SMILES string of the molecule is CSCCC(NC(=O)C(CC(N)=O)NC(=O)C(CCCCN)NC(=O)C(N)C(C)O)C(=O)O. The van der Waals surface area contributed by atoms with E-state index in [4.69, 9.17) is 17.2 Å². The molecule has 33 heavy (non-hydrogen) atoms. The van der Waals surface area contributed by atoms with E-state index in [1.807, 2.05) is 0 Å². The summed E-state index contributed by atoms with van der Waals surface area (Å²) < 4.78 is 0. The second-order valence-corrected chi connectivity index (χ2v) is 8.51. The number of carboxylic acids is 1. The monoisotopic (exact) mass is 492 g/mol. The fourth-order valence-electron chi connectivity index (χ4n) is 2.70. The minimum Gasteiger partial charge on any atom is -0.480 e. The second-order valence-electron chi connectivity index (χ2n) is 7.52. The lowest BCUT2D eigenvalue weighted by Crippen LogP contribution is -2.58. The Morgan fingerprint density at radius 2 is 1.45 bits per heavy atom. The van der Waals surface area contributed by atoms with Gasteiger partial charge in [-0.3, -0.25) is 19.2 Å². The molecule has 5 atom stereocenters. The number of carbonyl (C=O) groups is 5. The number of hydrogen-bond donors (Lipinski definition) is 8. The molecule has 0 aromatic carbocycles. The summed E-state index contributed by atoms with van der Waals surface area (Å²) in [4.78, 5) is 60.6. The van der Waals surface area contributed by atoms with Crippen molar-refractivity contribution in [2.45, 2.75) is 69.3 Å². The molecule has 0 aromatic rings. The third-order valence-corrected chi connectivity index (χ3v) is 5.31. The van der Waals surface area contributed by atoms with Gasteiger partial charge in [0.2, 0.25) is 23.6 Å². The van der Waals surface area contributed by atoms with E-state index in [-0.39, 0.29) is 12.8 Å². The zero-order valence-corrected chi connectivity index (χ0v) is 19.7. The standard InChI is InChI=1S/C19H36N6O7S/c1-10(26)15(22)18(30)23-11(5-3-4-7-20)16(28)25-13(9-14(21)27)17(29)24-12(19(31)32)6-8-33-2/h10-13,15,26H,3-9,20,22H2,1-2H3,(H2,21,27)(H,23,30)(H,24,29)(H,25,28)(H,31,32). The maximum Gasteiger partial charge on any atom is 0.326 e. The first-order valence-corrected chi connectivity index (χ1v) is 11.9. The summed E-state index contributed by atoms with van der Waals surface area (Å²) in [6, 6.07) is -5.09. The number of carboxylic acid groups (broad SMARTS) is 1. The summed E-state index contributed by atoms with van der Waals surface area (Å²) in [6.07, 6.45) is 1.33. The average Bonchev–Trinajstić information content (AvgIpc) is 2.73. The van der Waals surface area contributed by atoms with Gasteiger partial charge in [0, 0.05) is 0 Å². The van der Waals surface area contributed by atoms with Crippen molar-refractivity contribution in [3.05, 3.63) is 0 Å². The number of aliphatic hydroxyl groups is 1. The van der Waals surface area contributed by atoms with Gasteiger partial charge in [-0.05, 0) is 51.2 Å². The van der Waals surface area contributed by atoms with Gasteiger partial charge in [0.1, 0.15) is 24.2 Å². The van der Waals surface area contributed by atoms with Gasteiger partial charge < -0.3 is 43.4 Å². The van der Waals surface area contributed by atoms with Crippen LogP contribution in [-0.2, 0) is 24.0 Å². The molecule has 0 radical (unpaired) electrons. The Morgan fingerprint density at radius 1 is 0.909 bits per heavy atom. The predicted octanol–water partition coefficient (Wildman–Crippen LogP) is -3.01. The lowest BCUT2D eigenvalue weighted by Gasteiger charge is -2.25. The molecule has 190 valence electrons. The van der Waals surface area contributed by atoms with Crippen molar-refractivity contribution >= 4 is 41.4 Å². The van der Waals surface area contributed by atoms with Crippen LogP contribution in [0.25, 0.3) is 0 Å². The number of aliphatic carboxylic acids is 1. The molecule has 0 rings (SSSR count). The molecule has 14 heteroatoms. The molecule has 0 aliphatic rings. The fraction of sp³-hybridized carbons (Fsp3) is 0.737.